The fourth-order valence-electron chi connectivity index (χ4n) is 3.14. The van der Waals surface area contributed by atoms with Gasteiger partial charge in [0.15, 0.2) is 10.8 Å². The van der Waals surface area contributed by atoms with Crippen molar-refractivity contribution in [3.05, 3.63) is 47.9 Å². The minimum atomic E-state index is 0.140. The highest BCUT2D eigenvalue weighted by molar-refractivity contribution is 7.13. The minimum Gasteiger partial charge on any atom is -0.462 e. The van der Waals surface area contributed by atoms with Gasteiger partial charge in [-0.3, -0.25) is 9.48 Å². The molecule has 6 nitrogen and oxygen atoms in total. The highest BCUT2D eigenvalue weighted by atomic mass is 32.1. The second-order valence-corrected chi connectivity index (χ2v) is 6.77. The molecule has 124 valence electrons. The summed E-state index contributed by atoms with van der Waals surface area (Å²) in [6, 6.07) is 5.85. The monoisotopic (exact) mass is 342 g/mol. The summed E-state index contributed by atoms with van der Waals surface area (Å²) in [4.78, 5) is 19.2. The van der Waals surface area contributed by atoms with E-state index in [1.165, 1.54) is 11.3 Å². The largest absolute Gasteiger partial charge is 0.462 e. The molecule has 1 aliphatic rings. The number of hydrogen-bond donors (Lipinski definition) is 0. The Bertz CT molecular complexity index is 795. The van der Waals surface area contributed by atoms with Crippen LogP contribution in [0.4, 0.5) is 0 Å². The summed E-state index contributed by atoms with van der Waals surface area (Å²) in [5.74, 6) is 0.886. The molecule has 24 heavy (non-hydrogen) atoms. The molecule has 0 bridgehead atoms. The molecule has 0 unspecified atom stereocenters. The first-order valence-electron chi connectivity index (χ1n) is 8.05. The van der Waals surface area contributed by atoms with Gasteiger partial charge in [0, 0.05) is 24.3 Å². The molecule has 1 aliphatic heterocycles. The summed E-state index contributed by atoms with van der Waals surface area (Å²) in [6.45, 7) is 1.58. The first-order chi connectivity index (χ1) is 11.8. The lowest BCUT2D eigenvalue weighted by Gasteiger charge is -2.24. The Morgan fingerprint density at radius 1 is 1.42 bits per heavy atom. The van der Waals surface area contributed by atoms with Crippen LogP contribution in [0.5, 0.6) is 0 Å². The number of nitrogens with zero attached hydrogens (tertiary/aromatic N) is 4. The maximum atomic E-state index is 12.7. The maximum absolute atomic E-state index is 12.7. The Kier molecular flexibility index (Phi) is 4.17. The summed E-state index contributed by atoms with van der Waals surface area (Å²) in [5.41, 5.74) is 0.807. The van der Waals surface area contributed by atoms with Crippen LogP contribution in [0, 0.1) is 0 Å². The number of amides is 1. The quantitative estimate of drug-likeness (QED) is 0.715. The molecular weight excluding hydrogens is 324 g/mol. The van der Waals surface area contributed by atoms with Crippen LogP contribution in [0.25, 0.3) is 10.8 Å². The first kappa shape index (κ1) is 15.1. The van der Waals surface area contributed by atoms with Crippen LogP contribution in [0.3, 0.4) is 0 Å². The lowest BCUT2D eigenvalue weighted by atomic mass is 10.2. The Morgan fingerprint density at radius 3 is 3.17 bits per heavy atom. The van der Waals surface area contributed by atoms with Gasteiger partial charge < -0.3 is 9.32 Å². The van der Waals surface area contributed by atoms with E-state index in [-0.39, 0.29) is 11.9 Å². The molecule has 3 aromatic rings. The van der Waals surface area contributed by atoms with Crippen molar-refractivity contribution in [2.75, 3.05) is 6.54 Å². The number of rotatable bonds is 5. The maximum Gasteiger partial charge on any atom is 0.228 e. The van der Waals surface area contributed by atoms with Gasteiger partial charge in [-0.25, -0.2) is 4.98 Å². The highest BCUT2D eigenvalue weighted by Crippen LogP contribution is 2.25. The molecule has 3 aromatic heterocycles. The van der Waals surface area contributed by atoms with Crippen molar-refractivity contribution in [2.24, 2.45) is 0 Å². The molecule has 0 aromatic carbocycles. The lowest BCUT2D eigenvalue weighted by molar-refractivity contribution is -0.131. The van der Waals surface area contributed by atoms with Crippen LogP contribution in [-0.4, -0.2) is 38.2 Å². The van der Waals surface area contributed by atoms with Gasteiger partial charge in [0.1, 0.15) is 0 Å². The number of furan rings is 1. The lowest BCUT2D eigenvalue weighted by Crippen LogP contribution is -2.39. The third kappa shape index (κ3) is 3.12. The third-order valence-corrected chi connectivity index (χ3v) is 5.18. The van der Waals surface area contributed by atoms with Crippen molar-refractivity contribution >= 4 is 17.2 Å². The van der Waals surface area contributed by atoms with Gasteiger partial charge in [0.05, 0.1) is 31.0 Å². The molecule has 7 heteroatoms. The van der Waals surface area contributed by atoms with E-state index in [1.54, 1.807) is 12.5 Å². The molecule has 1 amide bonds. The molecule has 1 atom stereocenters. The highest BCUT2D eigenvalue weighted by Gasteiger charge is 2.29. The van der Waals surface area contributed by atoms with E-state index >= 15 is 0 Å². The van der Waals surface area contributed by atoms with Crippen molar-refractivity contribution in [3.8, 4) is 10.8 Å². The Labute approximate surface area is 143 Å². The SMILES string of the molecule is O=C(Cc1csc(-c2ccco2)n1)N1CCC[C@@H]1Cn1cccn1. The second-order valence-electron chi connectivity index (χ2n) is 5.91. The van der Waals surface area contributed by atoms with Crippen molar-refractivity contribution in [2.45, 2.75) is 31.8 Å². The summed E-state index contributed by atoms with van der Waals surface area (Å²) in [5, 5.41) is 7.00. The predicted molar refractivity (Wildman–Crippen MR) is 90.5 cm³/mol. The van der Waals surface area contributed by atoms with Crippen molar-refractivity contribution < 1.29 is 9.21 Å². The summed E-state index contributed by atoms with van der Waals surface area (Å²) in [7, 11) is 0. The Balaban J connectivity index is 1.42. The third-order valence-electron chi connectivity index (χ3n) is 4.27. The fourth-order valence-corrected chi connectivity index (χ4v) is 3.92. The van der Waals surface area contributed by atoms with Gasteiger partial charge in [0.2, 0.25) is 5.91 Å². The zero-order chi connectivity index (χ0) is 16.4. The van der Waals surface area contributed by atoms with Crippen molar-refractivity contribution in [1.29, 1.82) is 0 Å². The van der Waals surface area contributed by atoms with E-state index in [0.717, 1.165) is 42.4 Å². The van der Waals surface area contributed by atoms with Crippen LogP contribution >= 0.6 is 11.3 Å². The van der Waals surface area contributed by atoms with Gasteiger partial charge in [-0.05, 0) is 31.0 Å². The zero-order valence-corrected chi connectivity index (χ0v) is 14.0. The van der Waals surface area contributed by atoms with Crippen LogP contribution in [0.15, 0.2) is 46.7 Å². The molecule has 0 spiro atoms. The van der Waals surface area contributed by atoms with E-state index in [9.17, 15) is 4.79 Å². The molecule has 1 fully saturated rings. The second kappa shape index (κ2) is 6.60. The van der Waals surface area contributed by atoms with E-state index in [4.69, 9.17) is 4.42 Å². The number of carbonyl (C=O) groups excluding carboxylic acids is 1. The first-order valence-corrected chi connectivity index (χ1v) is 8.93. The number of likely N-dealkylation sites (tertiary alicyclic amines) is 1. The average molecular weight is 342 g/mol. The van der Waals surface area contributed by atoms with Gasteiger partial charge in [0.25, 0.3) is 0 Å². The predicted octanol–water partition coefficient (Wildman–Crippen LogP) is 2.83. The molecule has 4 rings (SSSR count). The van der Waals surface area contributed by atoms with Crippen molar-refractivity contribution in [1.82, 2.24) is 19.7 Å². The van der Waals surface area contributed by atoms with Gasteiger partial charge in [-0.15, -0.1) is 11.3 Å². The van der Waals surface area contributed by atoms with E-state index in [1.807, 2.05) is 39.4 Å². The van der Waals surface area contributed by atoms with Gasteiger partial charge >= 0.3 is 0 Å². The number of hydrogen-bond acceptors (Lipinski definition) is 5. The number of thiazole rings is 1. The normalized spacial score (nSPS) is 17.5. The smallest absolute Gasteiger partial charge is 0.228 e. The molecule has 0 N–H and O–H groups in total. The average Bonchev–Trinajstić information content (AvgIpc) is 3.36. The molecule has 1 saturated heterocycles. The number of carbonyl (C=O) groups is 1. The number of aromatic nitrogens is 3. The zero-order valence-electron chi connectivity index (χ0n) is 13.2. The molecule has 0 radical (unpaired) electrons. The van der Waals surface area contributed by atoms with E-state index in [0.29, 0.717) is 6.42 Å². The Morgan fingerprint density at radius 2 is 2.38 bits per heavy atom. The van der Waals surface area contributed by atoms with Crippen LogP contribution in [-0.2, 0) is 17.8 Å². The molecule has 0 saturated carbocycles. The molecule has 4 heterocycles. The summed E-state index contributed by atoms with van der Waals surface area (Å²) < 4.78 is 7.25. The topological polar surface area (TPSA) is 64.2 Å². The van der Waals surface area contributed by atoms with Gasteiger partial charge in [-0.2, -0.15) is 5.10 Å². The van der Waals surface area contributed by atoms with Crippen LogP contribution < -0.4 is 0 Å². The van der Waals surface area contributed by atoms with Crippen molar-refractivity contribution in [3.63, 3.8) is 0 Å². The van der Waals surface area contributed by atoms with Crippen LogP contribution in [0.2, 0.25) is 0 Å². The molecular formula is C17H18N4O2S. The van der Waals surface area contributed by atoms with E-state index in [2.05, 4.69) is 10.1 Å². The summed E-state index contributed by atoms with van der Waals surface area (Å²) >= 11 is 1.51. The van der Waals surface area contributed by atoms with Crippen LogP contribution in [0.1, 0.15) is 18.5 Å². The van der Waals surface area contributed by atoms with Gasteiger partial charge in [-0.1, -0.05) is 0 Å². The fraction of sp³-hybridized carbons (Fsp3) is 0.353. The molecule has 0 aliphatic carbocycles. The Hall–Kier alpha value is -2.41. The minimum absolute atomic E-state index is 0.140. The summed E-state index contributed by atoms with van der Waals surface area (Å²) in [6.07, 6.45) is 7.76. The van der Waals surface area contributed by atoms with E-state index < -0.39 is 0 Å². The standard InChI is InChI=1S/C17H18N4O2S/c22-16(10-13-12-24-17(19-13)15-5-2-9-23-15)21-8-1-4-14(21)11-20-7-3-6-18-20/h2-3,5-7,9,12,14H,1,4,8,10-11H2/t14-/m1/s1.